The van der Waals surface area contributed by atoms with E-state index in [1.807, 2.05) is 30.3 Å². The normalized spacial score (nSPS) is 10.7. The van der Waals surface area contributed by atoms with Crippen LogP contribution < -0.4 is 0 Å². The fourth-order valence-electron chi connectivity index (χ4n) is 2.09. The van der Waals surface area contributed by atoms with Gasteiger partial charge in [0.1, 0.15) is 11.1 Å². The van der Waals surface area contributed by atoms with Crippen molar-refractivity contribution in [2.75, 3.05) is 7.11 Å². The smallest absolute Gasteiger partial charge is 0.341 e. The molecule has 118 valence electrons. The van der Waals surface area contributed by atoms with Gasteiger partial charge in [0.05, 0.1) is 18.5 Å². The van der Waals surface area contributed by atoms with Crippen LogP contribution in [0.25, 0.3) is 12.2 Å². The molecular weight excluding hydrogens is 298 g/mol. The second-order valence-corrected chi connectivity index (χ2v) is 4.72. The molecule has 0 radical (unpaired) electrons. The number of carbonyl (C=O) groups is 2. The highest BCUT2D eigenvalue weighted by molar-refractivity contribution is 6.06. The summed E-state index contributed by atoms with van der Waals surface area (Å²) in [7, 11) is 1.13. The van der Waals surface area contributed by atoms with Crippen molar-refractivity contribution in [3.05, 3.63) is 58.4 Å². The predicted octanol–water partition coefficient (Wildman–Crippen LogP) is 2.75. The van der Waals surface area contributed by atoms with Crippen molar-refractivity contribution in [2.24, 2.45) is 0 Å². The van der Waals surface area contributed by atoms with E-state index in [4.69, 9.17) is 0 Å². The van der Waals surface area contributed by atoms with E-state index in [2.05, 4.69) is 9.72 Å². The average Bonchev–Trinajstić information content (AvgIpc) is 2.55. The summed E-state index contributed by atoms with van der Waals surface area (Å²) in [5.74, 6) is -2.85. The van der Waals surface area contributed by atoms with Gasteiger partial charge in [-0.1, -0.05) is 36.4 Å². The first-order chi connectivity index (χ1) is 11.0. The molecule has 23 heavy (non-hydrogen) atoms. The number of carboxylic acid groups (broad SMARTS) is 1. The molecule has 1 aromatic heterocycles. The van der Waals surface area contributed by atoms with Gasteiger partial charge in [0.25, 0.3) is 0 Å². The van der Waals surface area contributed by atoms with E-state index >= 15 is 0 Å². The average molecular weight is 313 g/mol. The summed E-state index contributed by atoms with van der Waals surface area (Å²) in [5, 5.41) is 19.2. The maximum Gasteiger partial charge on any atom is 0.341 e. The summed E-state index contributed by atoms with van der Waals surface area (Å²) < 4.78 is 4.63. The summed E-state index contributed by atoms with van der Waals surface area (Å²) in [6.45, 7) is 1.46. The van der Waals surface area contributed by atoms with Crippen LogP contribution in [0.3, 0.4) is 0 Å². The molecule has 0 bridgehead atoms. The molecule has 0 aliphatic rings. The number of aromatic carboxylic acids is 1. The van der Waals surface area contributed by atoms with Crippen molar-refractivity contribution in [3.63, 3.8) is 0 Å². The number of benzene rings is 1. The number of rotatable bonds is 4. The van der Waals surface area contributed by atoms with E-state index in [-0.39, 0.29) is 17.0 Å². The predicted molar refractivity (Wildman–Crippen MR) is 84.3 cm³/mol. The fraction of sp³-hybridized carbons (Fsp3) is 0.118. The van der Waals surface area contributed by atoms with Crippen molar-refractivity contribution in [1.82, 2.24) is 4.98 Å². The highest BCUT2D eigenvalue weighted by Gasteiger charge is 2.27. The highest BCUT2D eigenvalue weighted by atomic mass is 16.5. The van der Waals surface area contributed by atoms with Gasteiger partial charge in [-0.15, -0.1) is 0 Å². The Morgan fingerprint density at radius 1 is 1.13 bits per heavy atom. The molecule has 0 fully saturated rings. The largest absolute Gasteiger partial charge is 0.505 e. The maximum absolute atomic E-state index is 12.0. The van der Waals surface area contributed by atoms with E-state index in [1.165, 1.54) is 13.0 Å². The number of methoxy groups -OCH3 is 1. The molecule has 1 aromatic carbocycles. The Labute approximate surface area is 132 Å². The van der Waals surface area contributed by atoms with Crippen molar-refractivity contribution < 1.29 is 24.5 Å². The van der Waals surface area contributed by atoms with Gasteiger partial charge in [-0.25, -0.2) is 14.6 Å². The van der Waals surface area contributed by atoms with Crippen LogP contribution in [0.1, 0.15) is 37.7 Å². The van der Waals surface area contributed by atoms with Crippen LogP contribution in [0.15, 0.2) is 30.3 Å². The van der Waals surface area contributed by atoms with E-state index < -0.39 is 23.3 Å². The number of carbonyl (C=O) groups excluding carboxylic acids is 1. The van der Waals surface area contributed by atoms with Crippen LogP contribution in [-0.2, 0) is 4.74 Å². The lowest BCUT2D eigenvalue weighted by Crippen LogP contribution is -2.14. The molecular formula is C17H15NO5. The lowest BCUT2D eigenvalue weighted by molar-refractivity contribution is 0.0580. The number of pyridine rings is 1. The molecule has 0 saturated carbocycles. The van der Waals surface area contributed by atoms with Gasteiger partial charge in [-0.2, -0.15) is 0 Å². The van der Waals surface area contributed by atoms with Crippen LogP contribution >= 0.6 is 0 Å². The molecule has 0 spiro atoms. The van der Waals surface area contributed by atoms with Gasteiger partial charge >= 0.3 is 11.9 Å². The number of carboxylic acids is 1. The van der Waals surface area contributed by atoms with Gasteiger partial charge < -0.3 is 14.9 Å². The SMILES string of the molecule is COC(=O)c1c(C=Cc2ccccc2)nc(C)c(O)c1C(=O)O. The number of esters is 1. The summed E-state index contributed by atoms with van der Waals surface area (Å²) in [6.07, 6.45) is 3.21. The molecule has 0 amide bonds. The van der Waals surface area contributed by atoms with Gasteiger partial charge in [-0.05, 0) is 18.6 Å². The summed E-state index contributed by atoms with van der Waals surface area (Å²) in [5.41, 5.74) is 0.288. The molecule has 0 unspecified atom stereocenters. The molecule has 0 saturated heterocycles. The molecule has 0 aliphatic heterocycles. The van der Waals surface area contributed by atoms with Gasteiger partial charge in [0.15, 0.2) is 5.75 Å². The Morgan fingerprint density at radius 3 is 2.35 bits per heavy atom. The molecule has 2 rings (SSSR count). The molecule has 6 nitrogen and oxygen atoms in total. The first-order valence-electron chi connectivity index (χ1n) is 6.74. The van der Waals surface area contributed by atoms with Crippen LogP contribution in [0.4, 0.5) is 0 Å². The lowest BCUT2D eigenvalue weighted by Gasteiger charge is -2.11. The Bertz CT molecular complexity index is 781. The monoisotopic (exact) mass is 313 g/mol. The second kappa shape index (κ2) is 6.74. The number of aromatic hydroxyl groups is 1. The third-order valence-electron chi connectivity index (χ3n) is 3.21. The quantitative estimate of drug-likeness (QED) is 0.842. The van der Waals surface area contributed by atoms with Crippen molar-refractivity contribution in [2.45, 2.75) is 6.92 Å². The van der Waals surface area contributed by atoms with Crippen LogP contribution in [0.2, 0.25) is 0 Å². The third-order valence-corrected chi connectivity index (χ3v) is 3.21. The van der Waals surface area contributed by atoms with Gasteiger partial charge in [0, 0.05) is 0 Å². The fourth-order valence-corrected chi connectivity index (χ4v) is 2.09. The number of aromatic nitrogens is 1. The van der Waals surface area contributed by atoms with Gasteiger partial charge in [0.2, 0.25) is 0 Å². The molecule has 1 heterocycles. The highest BCUT2D eigenvalue weighted by Crippen LogP contribution is 2.28. The number of hydrogen-bond donors (Lipinski definition) is 2. The van der Waals surface area contributed by atoms with E-state index in [1.54, 1.807) is 6.08 Å². The van der Waals surface area contributed by atoms with Crippen molar-refractivity contribution in [3.8, 4) is 5.75 Å². The third kappa shape index (κ3) is 3.37. The molecule has 6 heteroatoms. The number of aryl methyl sites for hydroxylation is 1. The van der Waals surface area contributed by atoms with Crippen LogP contribution in [0, 0.1) is 6.92 Å². The van der Waals surface area contributed by atoms with E-state index in [0.29, 0.717) is 0 Å². The van der Waals surface area contributed by atoms with E-state index in [0.717, 1.165) is 12.7 Å². The van der Waals surface area contributed by atoms with Gasteiger partial charge in [-0.3, -0.25) is 0 Å². The zero-order valence-corrected chi connectivity index (χ0v) is 12.6. The van der Waals surface area contributed by atoms with Crippen LogP contribution in [0.5, 0.6) is 5.75 Å². The molecule has 2 aromatic rings. The maximum atomic E-state index is 12.0. The number of ether oxygens (including phenoxy) is 1. The minimum atomic E-state index is -1.43. The number of hydrogen-bond acceptors (Lipinski definition) is 5. The molecule has 2 N–H and O–H groups in total. The molecule has 0 atom stereocenters. The number of nitrogens with zero attached hydrogens (tertiary/aromatic N) is 1. The van der Waals surface area contributed by atoms with Crippen molar-refractivity contribution >= 4 is 24.1 Å². The standard InChI is InChI=1S/C17H15NO5/c1-10-15(19)14(16(20)21)13(17(22)23-2)12(18-10)9-8-11-6-4-3-5-7-11/h3-9,19H,1-2H3,(H,20,21). The minimum Gasteiger partial charge on any atom is -0.505 e. The summed E-state index contributed by atoms with van der Waals surface area (Å²) in [4.78, 5) is 27.5. The Kier molecular flexibility index (Phi) is 4.75. The Balaban J connectivity index is 2.65. The van der Waals surface area contributed by atoms with Crippen molar-refractivity contribution in [1.29, 1.82) is 0 Å². The summed E-state index contributed by atoms with van der Waals surface area (Å²) >= 11 is 0. The van der Waals surface area contributed by atoms with E-state index in [9.17, 15) is 19.8 Å². The summed E-state index contributed by atoms with van der Waals surface area (Å²) in [6, 6.07) is 9.25. The van der Waals surface area contributed by atoms with Crippen LogP contribution in [-0.4, -0.2) is 34.2 Å². The topological polar surface area (TPSA) is 96.7 Å². The first-order valence-corrected chi connectivity index (χ1v) is 6.74. The zero-order valence-electron chi connectivity index (χ0n) is 12.6. The first kappa shape index (κ1) is 16.2. The minimum absolute atomic E-state index is 0.114. The lowest BCUT2D eigenvalue weighted by atomic mass is 10.0. The Hall–Kier alpha value is -3.15. The second-order valence-electron chi connectivity index (χ2n) is 4.72. The molecule has 0 aliphatic carbocycles. The Morgan fingerprint density at radius 2 is 1.78 bits per heavy atom. The zero-order chi connectivity index (χ0) is 17.0.